The van der Waals surface area contributed by atoms with Crippen molar-refractivity contribution in [3.05, 3.63) is 46.3 Å². The summed E-state index contributed by atoms with van der Waals surface area (Å²) in [6, 6.07) is 10.4. The van der Waals surface area contributed by atoms with Crippen LogP contribution >= 0.6 is 11.3 Å². The van der Waals surface area contributed by atoms with Gasteiger partial charge < -0.3 is 14.8 Å². The number of esters is 1. The minimum atomic E-state index is -0.438. The van der Waals surface area contributed by atoms with E-state index in [1.807, 2.05) is 6.07 Å². The van der Waals surface area contributed by atoms with Gasteiger partial charge in [0.15, 0.2) is 6.61 Å². The molecular formula is C16H14N2O4S. The molecule has 7 heteroatoms. The molecule has 2 aromatic rings. The van der Waals surface area contributed by atoms with Crippen LogP contribution in [0.4, 0.5) is 5.00 Å². The number of carbonyl (C=O) groups is 2. The molecule has 1 heterocycles. The Morgan fingerprint density at radius 1 is 1.35 bits per heavy atom. The number of hydrogen-bond donors (Lipinski definition) is 1. The van der Waals surface area contributed by atoms with Gasteiger partial charge in [-0.1, -0.05) is 12.1 Å². The molecular weight excluding hydrogens is 316 g/mol. The van der Waals surface area contributed by atoms with Crippen molar-refractivity contribution in [1.29, 1.82) is 5.26 Å². The minimum Gasteiger partial charge on any atom is -0.482 e. The highest BCUT2D eigenvalue weighted by atomic mass is 32.1. The maximum Gasteiger partial charge on any atom is 0.348 e. The van der Waals surface area contributed by atoms with Crippen LogP contribution in [0.2, 0.25) is 0 Å². The molecule has 0 aliphatic rings. The summed E-state index contributed by atoms with van der Waals surface area (Å²) in [5, 5.41) is 12.1. The molecule has 23 heavy (non-hydrogen) atoms. The first kappa shape index (κ1) is 16.5. The summed E-state index contributed by atoms with van der Waals surface area (Å²) in [6.07, 6.45) is 0. The summed E-state index contributed by atoms with van der Waals surface area (Å²) in [6.45, 7) is 1.53. The number of anilines is 1. The first-order valence-electron chi connectivity index (χ1n) is 6.65. The van der Waals surface area contributed by atoms with Crippen LogP contribution in [0.1, 0.15) is 20.8 Å². The summed E-state index contributed by atoms with van der Waals surface area (Å²) < 4.78 is 10.0. The number of aryl methyl sites for hydroxylation is 1. The number of methoxy groups -OCH3 is 1. The smallest absolute Gasteiger partial charge is 0.348 e. The van der Waals surface area contributed by atoms with E-state index < -0.39 is 5.97 Å². The summed E-state index contributed by atoms with van der Waals surface area (Å²) >= 11 is 1.14. The van der Waals surface area contributed by atoms with E-state index in [-0.39, 0.29) is 12.5 Å². The van der Waals surface area contributed by atoms with Gasteiger partial charge in [0.05, 0.1) is 17.7 Å². The first-order valence-corrected chi connectivity index (χ1v) is 7.47. The summed E-state index contributed by atoms with van der Waals surface area (Å²) in [5.74, 6) is -0.467. The number of carbonyl (C=O) groups excluding carboxylic acids is 2. The quantitative estimate of drug-likeness (QED) is 0.852. The second-order valence-electron chi connectivity index (χ2n) is 4.56. The van der Waals surface area contributed by atoms with E-state index >= 15 is 0 Å². The average Bonchev–Trinajstić information content (AvgIpc) is 2.92. The van der Waals surface area contributed by atoms with E-state index in [1.54, 1.807) is 37.3 Å². The third kappa shape index (κ3) is 4.08. The van der Waals surface area contributed by atoms with Gasteiger partial charge >= 0.3 is 5.97 Å². The molecule has 1 aromatic heterocycles. The zero-order valence-corrected chi connectivity index (χ0v) is 13.4. The molecule has 0 aliphatic heterocycles. The van der Waals surface area contributed by atoms with Crippen molar-refractivity contribution in [1.82, 2.24) is 0 Å². The average molecular weight is 330 g/mol. The van der Waals surface area contributed by atoms with Gasteiger partial charge in [0, 0.05) is 0 Å². The molecule has 0 fully saturated rings. The number of nitriles is 1. The van der Waals surface area contributed by atoms with Crippen molar-refractivity contribution >= 4 is 28.2 Å². The second-order valence-corrected chi connectivity index (χ2v) is 5.61. The number of benzene rings is 1. The van der Waals surface area contributed by atoms with Crippen LogP contribution in [-0.4, -0.2) is 25.6 Å². The zero-order chi connectivity index (χ0) is 16.8. The third-order valence-corrected chi connectivity index (χ3v) is 4.05. The Balaban J connectivity index is 1.98. The number of amides is 1. The minimum absolute atomic E-state index is 0.233. The SMILES string of the molecule is COC(=O)c1sc(NC(=O)COc2ccccc2C#N)cc1C. The molecule has 1 N–H and O–H groups in total. The molecule has 0 spiro atoms. The van der Waals surface area contributed by atoms with Gasteiger partial charge in [-0.2, -0.15) is 5.26 Å². The highest BCUT2D eigenvalue weighted by Crippen LogP contribution is 2.27. The van der Waals surface area contributed by atoms with Gasteiger partial charge in [-0.05, 0) is 30.7 Å². The monoisotopic (exact) mass is 330 g/mol. The molecule has 0 atom stereocenters. The van der Waals surface area contributed by atoms with Crippen molar-refractivity contribution in [3.8, 4) is 11.8 Å². The van der Waals surface area contributed by atoms with Crippen LogP contribution in [0.25, 0.3) is 0 Å². The predicted molar refractivity (Wildman–Crippen MR) is 85.7 cm³/mol. The lowest BCUT2D eigenvalue weighted by atomic mass is 10.2. The Morgan fingerprint density at radius 2 is 2.09 bits per heavy atom. The van der Waals surface area contributed by atoms with Gasteiger partial charge in [0.1, 0.15) is 16.7 Å². The zero-order valence-electron chi connectivity index (χ0n) is 12.6. The maximum absolute atomic E-state index is 11.9. The Bertz CT molecular complexity index is 777. The largest absolute Gasteiger partial charge is 0.482 e. The third-order valence-electron chi connectivity index (χ3n) is 2.92. The number of hydrogen-bond acceptors (Lipinski definition) is 6. The number of nitrogens with one attached hydrogen (secondary N) is 1. The van der Waals surface area contributed by atoms with Gasteiger partial charge in [-0.25, -0.2) is 4.79 Å². The topological polar surface area (TPSA) is 88.4 Å². The second kappa shape index (κ2) is 7.42. The number of ether oxygens (including phenoxy) is 2. The number of rotatable bonds is 5. The summed E-state index contributed by atoms with van der Waals surface area (Å²) in [4.78, 5) is 23.9. The van der Waals surface area contributed by atoms with Crippen LogP contribution in [0, 0.1) is 18.3 Å². The van der Waals surface area contributed by atoms with E-state index in [2.05, 4.69) is 10.1 Å². The van der Waals surface area contributed by atoms with Crippen LogP contribution in [0.3, 0.4) is 0 Å². The molecule has 0 saturated heterocycles. The van der Waals surface area contributed by atoms with E-state index in [0.717, 1.165) is 16.9 Å². The molecule has 0 unspecified atom stereocenters. The number of para-hydroxylation sites is 1. The number of nitrogens with zero attached hydrogens (tertiary/aromatic N) is 1. The molecule has 118 valence electrons. The van der Waals surface area contributed by atoms with Crippen LogP contribution in [0.15, 0.2) is 30.3 Å². The Morgan fingerprint density at radius 3 is 2.78 bits per heavy atom. The van der Waals surface area contributed by atoms with Gasteiger partial charge in [-0.3, -0.25) is 4.79 Å². The maximum atomic E-state index is 11.9. The van der Waals surface area contributed by atoms with Crippen molar-refractivity contribution in [2.45, 2.75) is 6.92 Å². The van der Waals surface area contributed by atoms with Crippen molar-refractivity contribution in [2.75, 3.05) is 19.0 Å². The Kier molecular flexibility index (Phi) is 5.33. The molecule has 0 saturated carbocycles. The molecule has 2 rings (SSSR count). The van der Waals surface area contributed by atoms with Crippen molar-refractivity contribution < 1.29 is 19.1 Å². The molecule has 6 nitrogen and oxygen atoms in total. The molecule has 0 aliphatic carbocycles. The normalized spacial score (nSPS) is 9.78. The van der Waals surface area contributed by atoms with Crippen LogP contribution in [-0.2, 0) is 9.53 Å². The fourth-order valence-corrected chi connectivity index (χ4v) is 2.85. The lowest BCUT2D eigenvalue weighted by molar-refractivity contribution is -0.118. The fraction of sp³-hybridized carbons (Fsp3) is 0.188. The Labute approximate surface area is 137 Å². The van der Waals surface area contributed by atoms with Gasteiger partial charge in [0.2, 0.25) is 0 Å². The lowest BCUT2D eigenvalue weighted by Gasteiger charge is -2.07. The summed E-state index contributed by atoms with van der Waals surface area (Å²) in [5.41, 5.74) is 1.09. The molecule has 0 bridgehead atoms. The van der Waals surface area contributed by atoms with E-state index in [0.29, 0.717) is 21.2 Å². The van der Waals surface area contributed by atoms with E-state index in [4.69, 9.17) is 10.00 Å². The summed E-state index contributed by atoms with van der Waals surface area (Å²) in [7, 11) is 1.31. The van der Waals surface area contributed by atoms with E-state index in [9.17, 15) is 9.59 Å². The predicted octanol–water partition coefficient (Wildman–Crippen LogP) is 2.73. The van der Waals surface area contributed by atoms with Crippen LogP contribution < -0.4 is 10.1 Å². The van der Waals surface area contributed by atoms with Crippen molar-refractivity contribution in [2.24, 2.45) is 0 Å². The van der Waals surface area contributed by atoms with Crippen LogP contribution in [0.5, 0.6) is 5.75 Å². The fourth-order valence-electron chi connectivity index (χ4n) is 1.84. The van der Waals surface area contributed by atoms with E-state index in [1.165, 1.54) is 7.11 Å². The van der Waals surface area contributed by atoms with Gasteiger partial charge in [-0.15, -0.1) is 11.3 Å². The highest BCUT2D eigenvalue weighted by molar-refractivity contribution is 7.18. The lowest BCUT2D eigenvalue weighted by Crippen LogP contribution is -2.19. The standard InChI is InChI=1S/C16H14N2O4S/c1-10-7-14(23-15(10)16(20)21-2)18-13(19)9-22-12-6-4-3-5-11(12)8-17/h3-7H,9H2,1-2H3,(H,18,19). The Hall–Kier alpha value is -2.85. The molecule has 1 amide bonds. The first-order chi connectivity index (χ1) is 11.0. The molecule has 0 radical (unpaired) electrons. The highest BCUT2D eigenvalue weighted by Gasteiger charge is 2.15. The number of thiophene rings is 1. The molecule has 1 aromatic carbocycles. The van der Waals surface area contributed by atoms with Gasteiger partial charge in [0.25, 0.3) is 5.91 Å². The van der Waals surface area contributed by atoms with Crippen molar-refractivity contribution in [3.63, 3.8) is 0 Å².